The van der Waals surface area contributed by atoms with Gasteiger partial charge in [0.2, 0.25) is 0 Å². The Morgan fingerprint density at radius 3 is 2.33 bits per heavy atom. The van der Waals surface area contributed by atoms with E-state index in [1.807, 2.05) is 24.3 Å². The number of carbonyl (C=O) groups is 1. The van der Waals surface area contributed by atoms with E-state index in [-0.39, 0.29) is 5.56 Å². The van der Waals surface area contributed by atoms with Crippen molar-refractivity contribution in [2.75, 3.05) is 7.05 Å². The number of hydrogen-bond donors (Lipinski definition) is 1. The third-order valence-corrected chi connectivity index (χ3v) is 3.21. The van der Waals surface area contributed by atoms with Gasteiger partial charge >= 0.3 is 0 Å². The van der Waals surface area contributed by atoms with E-state index in [0.717, 1.165) is 17.2 Å². The third kappa shape index (κ3) is 3.44. The minimum atomic E-state index is -1.12. The molecule has 0 saturated heterocycles. The van der Waals surface area contributed by atoms with E-state index >= 15 is 0 Å². The first-order valence-electron chi connectivity index (χ1n) is 6.50. The highest BCUT2D eigenvalue weighted by Crippen LogP contribution is 2.15. The summed E-state index contributed by atoms with van der Waals surface area (Å²) in [5, 5.41) is 0. The molecule has 0 saturated carbocycles. The molecule has 1 amide bonds. The first-order valence-corrected chi connectivity index (χ1v) is 6.50. The molecule has 0 aliphatic rings. The van der Waals surface area contributed by atoms with Gasteiger partial charge in [-0.1, -0.05) is 30.3 Å². The summed E-state index contributed by atoms with van der Waals surface area (Å²) in [7, 11) is 1.55. The van der Waals surface area contributed by atoms with Crippen molar-refractivity contribution < 1.29 is 13.6 Å². The number of carbonyl (C=O) groups excluding carboxylic acids is 1. The molecule has 2 aromatic rings. The smallest absolute Gasteiger partial charge is 0.256 e. The van der Waals surface area contributed by atoms with Crippen LogP contribution in [0.1, 0.15) is 21.5 Å². The molecule has 0 atom stereocenters. The van der Waals surface area contributed by atoms with E-state index in [1.54, 1.807) is 7.05 Å². The van der Waals surface area contributed by atoms with E-state index in [9.17, 15) is 13.6 Å². The van der Waals surface area contributed by atoms with Crippen molar-refractivity contribution in [3.05, 3.63) is 70.8 Å². The van der Waals surface area contributed by atoms with Gasteiger partial charge in [0.05, 0.1) is 5.56 Å². The van der Waals surface area contributed by atoms with Crippen LogP contribution in [-0.2, 0) is 13.1 Å². The fourth-order valence-electron chi connectivity index (χ4n) is 2.00. The maximum absolute atomic E-state index is 13.6. The summed E-state index contributed by atoms with van der Waals surface area (Å²) in [5.41, 5.74) is 7.13. The van der Waals surface area contributed by atoms with Crippen molar-refractivity contribution in [1.82, 2.24) is 4.90 Å². The van der Waals surface area contributed by atoms with Crippen molar-refractivity contribution in [3.8, 4) is 0 Å². The lowest BCUT2D eigenvalue weighted by Gasteiger charge is -2.18. The summed E-state index contributed by atoms with van der Waals surface area (Å²) in [5.74, 6) is -2.70. The van der Waals surface area contributed by atoms with Gasteiger partial charge < -0.3 is 10.6 Å². The minimum absolute atomic E-state index is 0.268. The van der Waals surface area contributed by atoms with E-state index in [2.05, 4.69) is 0 Å². The summed E-state index contributed by atoms with van der Waals surface area (Å²) in [6, 6.07) is 11.0. The van der Waals surface area contributed by atoms with Gasteiger partial charge in [-0.15, -0.1) is 0 Å². The number of nitrogens with two attached hydrogens (primary N) is 1. The van der Waals surface area contributed by atoms with Crippen LogP contribution in [0.2, 0.25) is 0 Å². The Bertz CT molecular complexity index is 641. The van der Waals surface area contributed by atoms with Crippen molar-refractivity contribution in [2.24, 2.45) is 5.73 Å². The molecule has 0 fully saturated rings. The number of hydrogen-bond acceptors (Lipinski definition) is 2. The zero-order valence-corrected chi connectivity index (χ0v) is 11.6. The second-order valence-corrected chi connectivity index (χ2v) is 4.78. The Kier molecular flexibility index (Phi) is 4.65. The molecular formula is C16H16F2N2O. The second-order valence-electron chi connectivity index (χ2n) is 4.78. The molecule has 2 rings (SSSR count). The van der Waals surface area contributed by atoms with Crippen LogP contribution in [0.3, 0.4) is 0 Å². The molecule has 5 heteroatoms. The van der Waals surface area contributed by atoms with E-state index in [4.69, 9.17) is 5.73 Å². The molecule has 110 valence electrons. The van der Waals surface area contributed by atoms with Gasteiger partial charge in [-0.3, -0.25) is 4.79 Å². The first kappa shape index (κ1) is 15.1. The SMILES string of the molecule is CN(Cc1ccc(CN)cc1)C(=O)c1cccc(F)c1F. The van der Waals surface area contributed by atoms with Crippen molar-refractivity contribution in [1.29, 1.82) is 0 Å². The van der Waals surface area contributed by atoms with E-state index in [1.165, 1.54) is 17.0 Å². The Morgan fingerprint density at radius 1 is 1.10 bits per heavy atom. The fraction of sp³-hybridized carbons (Fsp3) is 0.188. The molecule has 0 unspecified atom stereocenters. The zero-order valence-electron chi connectivity index (χ0n) is 11.6. The molecule has 0 radical (unpaired) electrons. The number of rotatable bonds is 4. The molecule has 2 N–H and O–H groups in total. The Morgan fingerprint density at radius 2 is 1.71 bits per heavy atom. The minimum Gasteiger partial charge on any atom is -0.337 e. The van der Waals surface area contributed by atoms with Crippen molar-refractivity contribution >= 4 is 5.91 Å². The topological polar surface area (TPSA) is 46.3 Å². The predicted molar refractivity (Wildman–Crippen MR) is 76.5 cm³/mol. The summed E-state index contributed by atoms with van der Waals surface area (Å²) in [6.45, 7) is 0.753. The fourth-order valence-corrected chi connectivity index (χ4v) is 2.00. The Hall–Kier alpha value is -2.27. The molecule has 0 heterocycles. The van der Waals surface area contributed by atoms with Gasteiger partial charge in [-0.25, -0.2) is 8.78 Å². The van der Waals surface area contributed by atoms with Crippen molar-refractivity contribution in [2.45, 2.75) is 13.1 Å². The van der Waals surface area contributed by atoms with Crippen LogP contribution in [-0.4, -0.2) is 17.9 Å². The lowest BCUT2D eigenvalue weighted by atomic mass is 10.1. The molecule has 0 aliphatic heterocycles. The van der Waals surface area contributed by atoms with Crippen LogP contribution in [0.4, 0.5) is 8.78 Å². The third-order valence-electron chi connectivity index (χ3n) is 3.21. The second kappa shape index (κ2) is 6.45. The predicted octanol–water partition coefficient (Wildman–Crippen LogP) is 2.70. The van der Waals surface area contributed by atoms with Crippen LogP contribution < -0.4 is 5.73 Å². The van der Waals surface area contributed by atoms with Crippen LogP contribution >= 0.6 is 0 Å². The lowest BCUT2D eigenvalue weighted by molar-refractivity contribution is 0.0779. The van der Waals surface area contributed by atoms with Gasteiger partial charge in [0.25, 0.3) is 5.91 Å². The Labute approximate surface area is 122 Å². The largest absolute Gasteiger partial charge is 0.337 e. The highest BCUT2D eigenvalue weighted by molar-refractivity contribution is 5.94. The zero-order chi connectivity index (χ0) is 15.4. The van der Waals surface area contributed by atoms with Crippen LogP contribution in [0, 0.1) is 11.6 Å². The maximum Gasteiger partial charge on any atom is 0.256 e. The molecule has 0 aromatic heterocycles. The standard InChI is InChI=1S/C16H16F2N2O/c1-20(10-12-7-5-11(9-19)6-8-12)16(21)13-3-2-4-14(17)15(13)18/h2-8H,9-10,19H2,1H3. The highest BCUT2D eigenvalue weighted by atomic mass is 19.2. The summed E-state index contributed by atoms with van der Waals surface area (Å²) < 4.78 is 26.8. The van der Waals surface area contributed by atoms with Gasteiger partial charge in [0.1, 0.15) is 0 Å². The summed E-state index contributed by atoms with van der Waals surface area (Å²) >= 11 is 0. The van der Waals surface area contributed by atoms with Crippen LogP contribution in [0.25, 0.3) is 0 Å². The highest BCUT2D eigenvalue weighted by Gasteiger charge is 2.18. The molecule has 3 nitrogen and oxygen atoms in total. The lowest BCUT2D eigenvalue weighted by Crippen LogP contribution is -2.27. The number of halogens is 2. The number of benzene rings is 2. The van der Waals surface area contributed by atoms with E-state index < -0.39 is 17.5 Å². The van der Waals surface area contributed by atoms with Crippen LogP contribution in [0.5, 0.6) is 0 Å². The first-order chi connectivity index (χ1) is 10.0. The molecule has 0 spiro atoms. The average molecular weight is 290 g/mol. The Balaban J connectivity index is 2.13. The van der Waals surface area contributed by atoms with Crippen molar-refractivity contribution in [3.63, 3.8) is 0 Å². The molecule has 0 bridgehead atoms. The average Bonchev–Trinajstić information content (AvgIpc) is 2.50. The molecule has 0 aliphatic carbocycles. The number of nitrogens with zero attached hydrogens (tertiary/aromatic N) is 1. The number of amides is 1. The van der Waals surface area contributed by atoms with Gasteiger partial charge in [0.15, 0.2) is 11.6 Å². The summed E-state index contributed by atoms with van der Waals surface area (Å²) in [4.78, 5) is 13.5. The van der Waals surface area contributed by atoms with Crippen LogP contribution in [0.15, 0.2) is 42.5 Å². The van der Waals surface area contributed by atoms with Gasteiger partial charge in [-0.05, 0) is 23.3 Å². The molecule has 21 heavy (non-hydrogen) atoms. The molecular weight excluding hydrogens is 274 g/mol. The van der Waals surface area contributed by atoms with E-state index in [0.29, 0.717) is 13.1 Å². The quantitative estimate of drug-likeness (QED) is 0.941. The summed E-state index contributed by atoms with van der Waals surface area (Å²) in [6.07, 6.45) is 0. The normalized spacial score (nSPS) is 10.5. The monoisotopic (exact) mass is 290 g/mol. The van der Waals surface area contributed by atoms with Gasteiger partial charge in [0, 0.05) is 20.1 Å². The maximum atomic E-state index is 13.6. The van der Waals surface area contributed by atoms with Gasteiger partial charge in [-0.2, -0.15) is 0 Å². The molecule has 2 aromatic carbocycles.